The van der Waals surface area contributed by atoms with Crippen LogP contribution in [0.4, 0.5) is 0 Å². The summed E-state index contributed by atoms with van der Waals surface area (Å²) in [6.07, 6.45) is 1.06. The van der Waals surface area contributed by atoms with Gasteiger partial charge in [0.1, 0.15) is 0 Å². The molecule has 68 valence electrons. The molecule has 0 aliphatic heterocycles. The first-order chi connectivity index (χ1) is 6.25. The molecule has 0 aromatic heterocycles. The van der Waals surface area contributed by atoms with Crippen LogP contribution in [0.1, 0.15) is 30.1 Å². The Kier molecular flexibility index (Phi) is 3.38. The molecular formula is C11H12O2. The Morgan fingerprint density at radius 3 is 2.31 bits per heavy atom. The van der Waals surface area contributed by atoms with Gasteiger partial charge in [-0.25, -0.2) is 0 Å². The summed E-state index contributed by atoms with van der Waals surface area (Å²) < 4.78 is 0. The second-order valence-corrected chi connectivity index (χ2v) is 2.87. The normalized spacial score (nSPS) is 9.62. The van der Waals surface area contributed by atoms with E-state index < -0.39 is 0 Å². The molecule has 0 unspecified atom stereocenters. The van der Waals surface area contributed by atoms with E-state index >= 15 is 0 Å². The largest absolute Gasteiger partial charge is 0.290 e. The van der Waals surface area contributed by atoms with Crippen LogP contribution in [-0.2, 0) is 4.79 Å². The van der Waals surface area contributed by atoms with Gasteiger partial charge in [0, 0.05) is 12.0 Å². The molecule has 1 aromatic rings. The highest BCUT2D eigenvalue weighted by Crippen LogP contribution is 2.03. The first-order valence-corrected chi connectivity index (χ1v) is 4.38. The zero-order valence-corrected chi connectivity index (χ0v) is 7.62. The average Bonchev–Trinajstić information content (AvgIpc) is 2.18. The van der Waals surface area contributed by atoms with Gasteiger partial charge in [-0.3, -0.25) is 9.59 Å². The predicted octanol–water partition coefficient (Wildman–Crippen LogP) is 2.24. The van der Waals surface area contributed by atoms with Crippen LogP contribution in [-0.4, -0.2) is 11.6 Å². The van der Waals surface area contributed by atoms with Gasteiger partial charge in [-0.2, -0.15) is 0 Å². The molecule has 0 radical (unpaired) electrons. The molecule has 0 bridgehead atoms. The molecule has 0 saturated heterocycles. The van der Waals surface area contributed by atoms with Gasteiger partial charge in [-0.15, -0.1) is 0 Å². The first-order valence-electron chi connectivity index (χ1n) is 4.38. The molecule has 0 amide bonds. The van der Waals surface area contributed by atoms with Crippen LogP contribution >= 0.6 is 0 Å². The third-order valence-electron chi connectivity index (χ3n) is 1.77. The molecule has 2 nitrogen and oxygen atoms in total. The second kappa shape index (κ2) is 4.55. The van der Waals surface area contributed by atoms with Crippen molar-refractivity contribution in [3.8, 4) is 0 Å². The van der Waals surface area contributed by atoms with Gasteiger partial charge in [0.2, 0.25) is 11.6 Å². The summed E-state index contributed by atoms with van der Waals surface area (Å²) in [5.41, 5.74) is 0.487. The molecule has 1 aromatic carbocycles. The Labute approximate surface area is 77.6 Å². The van der Waals surface area contributed by atoms with E-state index in [4.69, 9.17) is 0 Å². The lowest BCUT2D eigenvalue weighted by Crippen LogP contribution is -2.13. The van der Waals surface area contributed by atoms with Crippen molar-refractivity contribution in [2.75, 3.05) is 0 Å². The highest BCUT2D eigenvalue weighted by atomic mass is 18.1. The van der Waals surface area contributed by atoms with Gasteiger partial charge in [0.05, 0.1) is 0 Å². The van der Waals surface area contributed by atoms with E-state index in [1.54, 1.807) is 24.3 Å². The molecule has 0 heterocycles. The van der Waals surface area contributed by atoms with Crippen LogP contribution < -0.4 is 0 Å². The van der Waals surface area contributed by atoms with E-state index in [1.165, 1.54) is 0 Å². The number of carbonyl (C=O) groups is 2. The van der Waals surface area contributed by atoms with Crippen molar-refractivity contribution >= 4 is 11.6 Å². The zero-order chi connectivity index (χ0) is 9.68. The van der Waals surface area contributed by atoms with E-state index in [2.05, 4.69) is 0 Å². The summed E-state index contributed by atoms with van der Waals surface area (Å²) in [5.74, 6) is -0.670. The molecule has 0 spiro atoms. The van der Waals surface area contributed by atoms with Crippen molar-refractivity contribution in [2.45, 2.75) is 19.8 Å². The molecule has 0 saturated carbocycles. The summed E-state index contributed by atoms with van der Waals surface area (Å²) in [6.45, 7) is 1.89. The van der Waals surface area contributed by atoms with Gasteiger partial charge in [-0.1, -0.05) is 37.3 Å². The number of Topliss-reactive ketones (excluding diaryl/α,β-unsaturated/α-hetero) is 2. The fourth-order valence-corrected chi connectivity index (χ4v) is 1.09. The van der Waals surface area contributed by atoms with Gasteiger partial charge < -0.3 is 0 Å². The molecule has 0 fully saturated rings. The number of hydrogen-bond acceptors (Lipinski definition) is 2. The minimum atomic E-state index is -0.373. The summed E-state index contributed by atoms with van der Waals surface area (Å²) >= 11 is 0. The van der Waals surface area contributed by atoms with Crippen LogP contribution in [0.2, 0.25) is 0 Å². The van der Waals surface area contributed by atoms with Crippen molar-refractivity contribution < 1.29 is 9.59 Å². The van der Waals surface area contributed by atoms with E-state index in [9.17, 15) is 9.59 Å². The van der Waals surface area contributed by atoms with E-state index in [0.29, 0.717) is 12.0 Å². The smallest absolute Gasteiger partial charge is 0.228 e. The van der Waals surface area contributed by atoms with Gasteiger partial charge >= 0.3 is 0 Å². The maximum absolute atomic E-state index is 11.4. The monoisotopic (exact) mass is 180 g/mol. The molecule has 0 aliphatic rings. The lowest BCUT2D eigenvalue weighted by atomic mass is 10.1. The van der Waals surface area contributed by atoms with Crippen molar-refractivity contribution in [3.05, 3.63) is 35.9 Å². The Morgan fingerprint density at radius 1 is 1.15 bits per heavy atom. The van der Waals surface area contributed by atoms with Crippen LogP contribution in [0.15, 0.2) is 30.3 Å². The maximum atomic E-state index is 11.4. The number of rotatable bonds is 4. The minimum Gasteiger partial charge on any atom is -0.290 e. The Morgan fingerprint density at radius 2 is 1.77 bits per heavy atom. The summed E-state index contributed by atoms with van der Waals surface area (Å²) in [7, 11) is 0. The lowest BCUT2D eigenvalue weighted by molar-refractivity contribution is -0.115. The maximum Gasteiger partial charge on any atom is 0.228 e. The Hall–Kier alpha value is -1.44. The minimum absolute atomic E-state index is 0.297. The zero-order valence-electron chi connectivity index (χ0n) is 7.62. The number of hydrogen-bond donors (Lipinski definition) is 0. The fraction of sp³-hybridized carbons (Fsp3) is 0.273. The highest BCUT2D eigenvalue weighted by molar-refractivity contribution is 6.43. The number of benzene rings is 1. The molecule has 0 aliphatic carbocycles. The number of ketones is 2. The topological polar surface area (TPSA) is 34.1 Å². The Bertz CT molecular complexity index is 301. The summed E-state index contributed by atoms with van der Waals surface area (Å²) in [4.78, 5) is 22.6. The van der Waals surface area contributed by atoms with Gasteiger partial charge in [0.15, 0.2) is 0 Å². The van der Waals surface area contributed by atoms with Gasteiger partial charge in [0.25, 0.3) is 0 Å². The van der Waals surface area contributed by atoms with E-state index in [-0.39, 0.29) is 11.6 Å². The molecule has 0 atom stereocenters. The molecule has 2 heteroatoms. The summed E-state index contributed by atoms with van der Waals surface area (Å²) in [5, 5.41) is 0. The van der Waals surface area contributed by atoms with Crippen molar-refractivity contribution in [2.24, 2.45) is 0 Å². The molecule has 1 rings (SSSR count). The predicted molar refractivity (Wildman–Crippen MR) is 50.7 cm³/mol. The van der Waals surface area contributed by atoms with E-state index in [1.807, 2.05) is 13.0 Å². The lowest BCUT2D eigenvalue weighted by Gasteiger charge is -1.97. The van der Waals surface area contributed by atoms with Crippen LogP contribution in [0.3, 0.4) is 0 Å². The SMILES string of the molecule is CCCC(=[18O])C(=[18O])c1ccccc1. The third kappa shape index (κ3) is 2.51. The number of carbonyl (C=O) groups excluding carboxylic acids is 2. The molecule has 0 N–H and O–H groups in total. The van der Waals surface area contributed by atoms with Crippen molar-refractivity contribution in [1.29, 1.82) is 0 Å². The molecular weight excluding hydrogens is 168 g/mol. The molecule has 13 heavy (non-hydrogen) atoms. The second-order valence-electron chi connectivity index (χ2n) is 2.87. The summed E-state index contributed by atoms with van der Waals surface area (Å²) in [6, 6.07) is 8.66. The Balaban J connectivity index is 2.74. The first kappa shape index (κ1) is 9.65. The van der Waals surface area contributed by atoms with Crippen LogP contribution in [0.5, 0.6) is 0 Å². The van der Waals surface area contributed by atoms with Gasteiger partial charge in [-0.05, 0) is 6.42 Å². The highest BCUT2D eigenvalue weighted by Gasteiger charge is 2.13. The third-order valence-corrected chi connectivity index (χ3v) is 1.77. The van der Waals surface area contributed by atoms with Crippen molar-refractivity contribution in [3.63, 3.8) is 0 Å². The quantitative estimate of drug-likeness (QED) is 0.404. The fourth-order valence-electron chi connectivity index (χ4n) is 1.09. The average molecular weight is 180 g/mol. The van der Waals surface area contributed by atoms with E-state index in [0.717, 1.165) is 6.42 Å². The van der Waals surface area contributed by atoms with Crippen LogP contribution in [0, 0.1) is 0 Å². The standard InChI is InChI=1S/C11H12O2/c1-2-6-10(12)11(13)9-7-4-3-5-8-9/h3-5,7-8H,2,6H2,1H3/i12+2,13+2. The van der Waals surface area contributed by atoms with Crippen LogP contribution in [0.25, 0.3) is 0 Å². The van der Waals surface area contributed by atoms with Crippen molar-refractivity contribution in [1.82, 2.24) is 0 Å².